The average molecular weight is 663 g/mol. The van der Waals surface area contributed by atoms with E-state index in [1.807, 2.05) is 13.8 Å². The van der Waals surface area contributed by atoms with Gasteiger partial charge < -0.3 is 51.5 Å². The van der Waals surface area contributed by atoms with Crippen LogP contribution in [0, 0.1) is 5.41 Å². The van der Waals surface area contributed by atoms with Crippen molar-refractivity contribution in [2.24, 2.45) is 27.6 Å². The fraction of sp³-hybridized carbons (Fsp3) is 0.636. The van der Waals surface area contributed by atoms with Crippen LogP contribution in [0.1, 0.15) is 56.8 Å². The minimum absolute atomic E-state index is 0.00348. The lowest BCUT2D eigenvalue weighted by atomic mass is 9.73. The fourth-order valence-electron chi connectivity index (χ4n) is 4.80. The van der Waals surface area contributed by atoms with Gasteiger partial charge in [-0.2, -0.15) is 0 Å². The summed E-state index contributed by atoms with van der Waals surface area (Å²) in [5, 5.41) is 5.94. The topological polar surface area (TPSA) is 212 Å². The highest BCUT2D eigenvalue weighted by Crippen LogP contribution is 2.36. The first-order valence-corrected chi connectivity index (χ1v) is 16.1. The summed E-state index contributed by atoms with van der Waals surface area (Å²) in [6.45, 7) is 11.7. The molecule has 1 saturated carbocycles. The minimum Gasteiger partial charge on any atom is -0.402 e. The van der Waals surface area contributed by atoms with Crippen LogP contribution in [0.25, 0.3) is 0 Å². The Labute approximate surface area is 278 Å². The first kappa shape index (κ1) is 39.8. The van der Waals surface area contributed by atoms with Crippen molar-refractivity contribution in [3.63, 3.8) is 0 Å². The summed E-state index contributed by atoms with van der Waals surface area (Å²) in [6, 6.07) is 5.11. The Morgan fingerprint density at radius 1 is 0.830 bits per heavy atom. The Morgan fingerprint density at radius 2 is 1.36 bits per heavy atom. The number of benzene rings is 1. The zero-order valence-corrected chi connectivity index (χ0v) is 28.2. The van der Waals surface area contributed by atoms with Crippen molar-refractivity contribution in [1.82, 2.24) is 5.32 Å². The molecule has 0 aliphatic heterocycles. The number of anilines is 1. The summed E-state index contributed by atoms with van der Waals surface area (Å²) in [5.41, 5.74) is 19.8. The Kier molecular flexibility index (Phi) is 18.8. The van der Waals surface area contributed by atoms with Crippen LogP contribution in [0.2, 0.25) is 0 Å². The average Bonchev–Trinajstić information content (AvgIpc) is 3.00. The van der Waals surface area contributed by atoms with Gasteiger partial charge in [0.15, 0.2) is 5.78 Å². The Bertz CT molecular complexity index is 1200. The van der Waals surface area contributed by atoms with Crippen molar-refractivity contribution in [1.29, 1.82) is 0 Å². The van der Waals surface area contributed by atoms with E-state index in [1.54, 1.807) is 25.1 Å². The van der Waals surface area contributed by atoms with E-state index in [2.05, 4.69) is 10.6 Å². The van der Waals surface area contributed by atoms with E-state index in [1.165, 1.54) is 0 Å². The second kappa shape index (κ2) is 22.2. The van der Waals surface area contributed by atoms with Crippen LogP contribution in [0.5, 0.6) is 0 Å². The number of aliphatic imine (C=N–C) groups is 1. The molecule has 0 saturated heterocycles. The molecule has 1 aliphatic rings. The van der Waals surface area contributed by atoms with Gasteiger partial charge in [0, 0.05) is 44.1 Å². The van der Waals surface area contributed by atoms with Gasteiger partial charge in [-0.25, -0.2) is 0 Å². The molecule has 0 spiro atoms. The lowest BCUT2D eigenvalue weighted by Crippen LogP contribution is -2.33. The van der Waals surface area contributed by atoms with Crippen LogP contribution in [0.3, 0.4) is 0 Å². The standard InChI is InChI=1S/C33H54N6O8/c1-24(35)31-28(21-33(2,3)22-29(31)40)39-25-6-7-26(32(36)42)27(20-25)37-8-4-10-43-12-14-45-16-18-47-19-17-46-15-13-44-11-5-9-38-30(41)23-34/h6-7,20,37H,4-5,8-19,21-23,34-35H2,1-3H3,(H2,36,42)(H,38,41). The molecule has 2 amide bonds. The van der Waals surface area contributed by atoms with E-state index in [9.17, 15) is 14.4 Å². The van der Waals surface area contributed by atoms with Gasteiger partial charge in [0.05, 0.1) is 81.9 Å². The number of nitrogens with zero attached hydrogens (tertiary/aromatic N) is 1. The van der Waals surface area contributed by atoms with Gasteiger partial charge in [-0.3, -0.25) is 19.4 Å². The molecular formula is C33H54N6O8. The number of allylic oxidation sites excluding steroid dienone is 2. The van der Waals surface area contributed by atoms with Crippen molar-refractivity contribution < 1.29 is 38.1 Å². The van der Waals surface area contributed by atoms with Gasteiger partial charge in [0.2, 0.25) is 5.91 Å². The van der Waals surface area contributed by atoms with E-state index in [-0.39, 0.29) is 23.7 Å². The summed E-state index contributed by atoms with van der Waals surface area (Å²) in [4.78, 5) is 40.5. The maximum absolute atomic E-state index is 12.7. The van der Waals surface area contributed by atoms with Gasteiger partial charge in [-0.1, -0.05) is 13.8 Å². The van der Waals surface area contributed by atoms with Crippen molar-refractivity contribution in [2.45, 2.75) is 46.5 Å². The number of carbonyl (C=O) groups excluding carboxylic acids is 3. The number of hydrogen-bond donors (Lipinski definition) is 5. The molecule has 1 aromatic carbocycles. The predicted molar refractivity (Wildman–Crippen MR) is 181 cm³/mol. The van der Waals surface area contributed by atoms with E-state index in [0.29, 0.717) is 132 Å². The van der Waals surface area contributed by atoms with Gasteiger partial charge >= 0.3 is 0 Å². The van der Waals surface area contributed by atoms with Crippen LogP contribution < -0.4 is 27.8 Å². The number of hydrogen-bond acceptors (Lipinski definition) is 12. The van der Waals surface area contributed by atoms with E-state index >= 15 is 0 Å². The van der Waals surface area contributed by atoms with Crippen LogP contribution in [-0.2, 0) is 33.3 Å². The van der Waals surface area contributed by atoms with Crippen LogP contribution >= 0.6 is 0 Å². The second-order valence-corrected chi connectivity index (χ2v) is 11.9. The van der Waals surface area contributed by atoms with Crippen LogP contribution in [-0.4, -0.2) is 109 Å². The van der Waals surface area contributed by atoms with Crippen molar-refractivity contribution in [3.8, 4) is 0 Å². The second-order valence-electron chi connectivity index (χ2n) is 11.9. The van der Waals surface area contributed by atoms with Crippen molar-refractivity contribution >= 4 is 34.7 Å². The number of primary amides is 1. The van der Waals surface area contributed by atoms with Crippen molar-refractivity contribution in [2.75, 3.05) is 91.0 Å². The summed E-state index contributed by atoms with van der Waals surface area (Å²) in [6.07, 6.45) is 2.46. The molecule has 0 atom stereocenters. The summed E-state index contributed by atoms with van der Waals surface area (Å²) in [7, 11) is 0. The summed E-state index contributed by atoms with van der Waals surface area (Å²) in [5.74, 6) is -0.724. The summed E-state index contributed by atoms with van der Waals surface area (Å²) < 4.78 is 27.5. The highest BCUT2D eigenvalue weighted by molar-refractivity contribution is 6.25. The number of ether oxygens (including phenoxy) is 5. The van der Waals surface area contributed by atoms with E-state index < -0.39 is 5.91 Å². The smallest absolute Gasteiger partial charge is 0.250 e. The van der Waals surface area contributed by atoms with Crippen molar-refractivity contribution in [3.05, 3.63) is 35.0 Å². The van der Waals surface area contributed by atoms with E-state index in [4.69, 9.17) is 45.9 Å². The molecule has 0 radical (unpaired) electrons. The molecular weight excluding hydrogens is 608 g/mol. The molecule has 2 rings (SSSR count). The molecule has 0 aromatic heterocycles. The SMILES string of the molecule is CC(N)=C1C(=O)CC(C)(C)CC1=Nc1ccc(C(N)=O)c(NCCCOCCOCCOCCOCCOCCCNC(=O)CN)c1. The Hall–Kier alpha value is -3.40. The largest absolute Gasteiger partial charge is 0.402 e. The molecule has 8 N–H and O–H groups in total. The first-order valence-electron chi connectivity index (χ1n) is 16.1. The zero-order valence-electron chi connectivity index (χ0n) is 28.2. The third kappa shape index (κ3) is 16.3. The van der Waals surface area contributed by atoms with Gasteiger partial charge in [-0.15, -0.1) is 0 Å². The quantitative estimate of drug-likeness (QED) is 0.0796. The van der Waals surface area contributed by atoms with Crippen LogP contribution in [0.15, 0.2) is 34.5 Å². The molecule has 14 nitrogen and oxygen atoms in total. The van der Waals surface area contributed by atoms with Gasteiger partial charge in [-0.05, 0) is 49.8 Å². The molecule has 1 fully saturated rings. The number of amides is 2. The molecule has 14 heteroatoms. The van der Waals surface area contributed by atoms with Gasteiger partial charge in [0.25, 0.3) is 5.91 Å². The third-order valence-corrected chi connectivity index (χ3v) is 7.02. The number of nitrogens with two attached hydrogens (primary N) is 3. The molecule has 0 heterocycles. The zero-order chi connectivity index (χ0) is 34.5. The van der Waals surface area contributed by atoms with Crippen LogP contribution in [0.4, 0.5) is 11.4 Å². The molecule has 0 bridgehead atoms. The maximum Gasteiger partial charge on any atom is 0.250 e. The lowest BCUT2D eigenvalue weighted by Gasteiger charge is -2.31. The van der Waals surface area contributed by atoms with Gasteiger partial charge in [0.1, 0.15) is 0 Å². The maximum atomic E-state index is 12.7. The highest BCUT2D eigenvalue weighted by Gasteiger charge is 2.35. The lowest BCUT2D eigenvalue weighted by molar-refractivity contribution is -0.120. The monoisotopic (exact) mass is 662 g/mol. The molecule has 1 aliphatic carbocycles. The number of carbonyl (C=O) groups is 3. The Balaban J connectivity index is 1.56. The fourth-order valence-corrected chi connectivity index (χ4v) is 4.80. The highest BCUT2D eigenvalue weighted by atomic mass is 16.6. The third-order valence-electron chi connectivity index (χ3n) is 7.02. The molecule has 1 aromatic rings. The minimum atomic E-state index is -0.547. The number of nitrogens with one attached hydrogen (secondary N) is 2. The predicted octanol–water partition coefficient (Wildman–Crippen LogP) is 1.83. The molecule has 264 valence electrons. The number of ketones is 1. The molecule has 0 unspecified atom stereocenters. The van der Waals surface area contributed by atoms with E-state index in [0.717, 1.165) is 6.42 Å². The molecule has 47 heavy (non-hydrogen) atoms. The Morgan fingerprint density at radius 3 is 1.87 bits per heavy atom. The normalized spacial score (nSPS) is 16.3. The summed E-state index contributed by atoms with van der Waals surface area (Å²) >= 11 is 0. The number of rotatable bonds is 24. The first-order chi connectivity index (χ1) is 22.5. The number of Topliss-reactive ketones (excluding diaryl/α,β-unsaturated/α-hetero) is 1.